The van der Waals surface area contributed by atoms with Crippen molar-refractivity contribution in [3.05, 3.63) is 64.1 Å². The molecule has 0 spiro atoms. The lowest BCUT2D eigenvalue weighted by molar-refractivity contribution is 0.0783. The Balaban J connectivity index is 2.12. The Morgan fingerprint density at radius 1 is 1.32 bits per heavy atom. The number of aromatic nitrogens is 1. The highest BCUT2D eigenvalue weighted by molar-refractivity contribution is 9.10. The molecule has 3 nitrogen and oxygen atoms in total. The fourth-order valence-electron chi connectivity index (χ4n) is 1.68. The number of hydrogen-bond donors (Lipinski definition) is 0. The summed E-state index contributed by atoms with van der Waals surface area (Å²) in [6, 6.07) is 9.80. The molecule has 0 bridgehead atoms. The summed E-state index contributed by atoms with van der Waals surface area (Å²) in [7, 11) is 1.64. The van der Waals surface area contributed by atoms with Crippen LogP contribution in [-0.4, -0.2) is 22.8 Å². The monoisotopic (exact) mass is 322 g/mol. The SMILES string of the molecule is CN(Cc1ccccc1F)C(=O)c1ccc(Br)nc1. The topological polar surface area (TPSA) is 33.2 Å². The van der Waals surface area contributed by atoms with Crippen LogP contribution in [0.3, 0.4) is 0 Å². The zero-order chi connectivity index (χ0) is 13.8. The van der Waals surface area contributed by atoms with Crippen molar-refractivity contribution in [2.45, 2.75) is 6.54 Å². The molecule has 2 aromatic rings. The summed E-state index contributed by atoms with van der Waals surface area (Å²) < 4.78 is 14.2. The predicted molar refractivity (Wildman–Crippen MR) is 74.1 cm³/mol. The summed E-state index contributed by atoms with van der Waals surface area (Å²) >= 11 is 3.21. The molecule has 0 saturated carbocycles. The largest absolute Gasteiger partial charge is 0.337 e. The Morgan fingerprint density at radius 3 is 2.68 bits per heavy atom. The van der Waals surface area contributed by atoms with E-state index in [-0.39, 0.29) is 18.3 Å². The van der Waals surface area contributed by atoms with Crippen molar-refractivity contribution < 1.29 is 9.18 Å². The molecule has 98 valence electrons. The molecule has 2 rings (SSSR count). The quantitative estimate of drug-likeness (QED) is 0.813. The van der Waals surface area contributed by atoms with Gasteiger partial charge in [0.2, 0.25) is 0 Å². The first-order chi connectivity index (χ1) is 9.08. The van der Waals surface area contributed by atoms with Crippen LogP contribution in [0.1, 0.15) is 15.9 Å². The number of pyridine rings is 1. The molecule has 0 aliphatic carbocycles. The summed E-state index contributed by atoms with van der Waals surface area (Å²) in [5.74, 6) is -0.501. The molecule has 1 aromatic carbocycles. The Labute approximate surface area is 119 Å². The minimum Gasteiger partial charge on any atom is -0.337 e. The second-order valence-electron chi connectivity index (χ2n) is 4.12. The van der Waals surface area contributed by atoms with E-state index in [1.54, 1.807) is 37.4 Å². The lowest BCUT2D eigenvalue weighted by Crippen LogP contribution is -2.26. The van der Waals surface area contributed by atoms with Crippen LogP contribution in [0.2, 0.25) is 0 Å². The summed E-state index contributed by atoms with van der Waals surface area (Å²) in [6.45, 7) is 0.224. The summed E-state index contributed by atoms with van der Waals surface area (Å²) in [5, 5.41) is 0. The third-order valence-corrected chi connectivity index (χ3v) is 3.16. The first-order valence-corrected chi connectivity index (χ1v) is 6.47. The molecule has 0 atom stereocenters. The van der Waals surface area contributed by atoms with Crippen molar-refractivity contribution in [1.29, 1.82) is 0 Å². The van der Waals surface area contributed by atoms with Crippen molar-refractivity contribution in [3.63, 3.8) is 0 Å². The van der Waals surface area contributed by atoms with E-state index < -0.39 is 0 Å². The van der Waals surface area contributed by atoms with Crippen LogP contribution in [0.25, 0.3) is 0 Å². The normalized spacial score (nSPS) is 10.3. The number of carbonyl (C=O) groups is 1. The molecule has 0 fully saturated rings. The Bertz CT molecular complexity index is 586. The molecule has 0 N–H and O–H groups in total. The van der Waals surface area contributed by atoms with Crippen LogP contribution in [0.5, 0.6) is 0 Å². The van der Waals surface area contributed by atoms with Crippen molar-refractivity contribution in [3.8, 4) is 0 Å². The molecule has 5 heteroatoms. The van der Waals surface area contributed by atoms with Crippen molar-refractivity contribution in [2.75, 3.05) is 7.05 Å². The third-order valence-electron chi connectivity index (χ3n) is 2.69. The van der Waals surface area contributed by atoms with E-state index in [0.717, 1.165) is 0 Å². The Kier molecular flexibility index (Phi) is 4.27. The molecule has 1 amide bonds. The average molecular weight is 323 g/mol. The number of nitrogens with zero attached hydrogens (tertiary/aromatic N) is 2. The first kappa shape index (κ1) is 13.7. The molecule has 1 heterocycles. The van der Waals surface area contributed by atoms with E-state index in [4.69, 9.17) is 0 Å². The Hall–Kier alpha value is -1.75. The van der Waals surface area contributed by atoms with Crippen molar-refractivity contribution in [1.82, 2.24) is 9.88 Å². The van der Waals surface area contributed by atoms with Crippen molar-refractivity contribution in [2.24, 2.45) is 0 Å². The van der Waals surface area contributed by atoms with Crippen LogP contribution < -0.4 is 0 Å². The van der Waals surface area contributed by atoms with E-state index >= 15 is 0 Å². The van der Waals surface area contributed by atoms with Gasteiger partial charge in [-0.1, -0.05) is 18.2 Å². The third kappa shape index (κ3) is 3.38. The second kappa shape index (κ2) is 5.93. The van der Waals surface area contributed by atoms with Crippen LogP contribution in [0.15, 0.2) is 47.2 Å². The van der Waals surface area contributed by atoms with E-state index in [2.05, 4.69) is 20.9 Å². The van der Waals surface area contributed by atoms with E-state index in [9.17, 15) is 9.18 Å². The van der Waals surface area contributed by atoms with Gasteiger partial charge in [0.05, 0.1) is 5.56 Å². The number of amides is 1. The van der Waals surface area contributed by atoms with E-state index in [1.807, 2.05) is 0 Å². The second-order valence-corrected chi connectivity index (χ2v) is 4.93. The van der Waals surface area contributed by atoms with Gasteiger partial charge in [-0.25, -0.2) is 9.37 Å². The number of hydrogen-bond acceptors (Lipinski definition) is 2. The van der Waals surface area contributed by atoms with Gasteiger partial charge in [-0.05, 0) is 34.1 Å². The highest BCUT2D eigenvalue weighted by Crippen LogP contribution is 2.12. The molecule has 19 heavy (non-hydrogen) atoms. The van der Waals surface area contributed by atoms with E-state index in [1.165, 1.54) is 17.2 Å². The molecule has 0 aliphatic rings. The smallest absolute Gasteiger partial charge is 0.255 e. The number of rotatable bonds is 3. The molecule has 0 aliphatic heterocycles. The minimum absolute atomic E-state index is 0.191. The fraction of sp³-hybridized carbons (Fsp3) is 0.143. The maximum Gasteiger partial charge on any atom is 0.255 e. The van der Waals surface area contributed by atoms with Crippen LogP contribution in [-0.2, 0) is 6.54 Å². The lowest BCUT2D eigenvalue weighted by atomic mass is 10.2. The highest BCUT2D eigenvalue weighted by Gasteiger charge is 2.13. The minimum atomic E-state index is -0.309. The van der Waals surface area contributed by atoms with Crippen LogP contribution >= 0.6 is 15.9 Å². The zero-order valence-electron chi connectivity index (χ0n) is 10.3. The van der Waals surface area contributed by atoms with Gasteiger partial charge in [-0.2, -0.15) is 0 Å². The zero-order valence-corrected chi connectivity index (χ0v) is 11.9. The molecular weight excluding hydrogens is 311 g/mol. The lowest BCUT2D eigenvalue weighted by Gasteiger charge is -2.17. The Morgan fingerprint density at radius 2 is 2.05 bits per heavy atom. The van der Waals surface area contributed by atoms with Gasteiger partial charge < -0.3 is 4.90 Å². The predicted octanol–water partition coefficient (Wildman–Crippen LogP) is 3.26. The number of carbonyl (C=O) groups excluding carboxylic acids is 1. The van der Waals surface area contributed by atoms with Gasteiger partial charge in [-0.15, -0.1) is 0 Å². The summed E-state index contributed by atoms with van der Waals surface area (Å²) in [6.07, 6.45) is 1.49. The fourth-order valence-corrected chi connectivity index (χ4v) is 1.91. The van der Waals surface area contributed by atoms with Gasteiger partial charge in [0, 0.05) is 25.4 Å². The standard InChI is InChI=1S/C14H12BrFN2O/c1-18(9-11-4-2-3-5-12(11)16)14(19)10-6-7-13(15)17-8-10/h2-8H,9H2,1H3. The van der Waals surface area contributed by atoms with Crippen LogP contribution in [0.4, 0.5) is 4.39 Å². The van der Waals surface area contributed by atoms with Gasteiger partial charge >= 0.3 is 0 Å². The van der Waals surface area contributed by atoms with Gasteiger partial charge in [0.1, 0.15) is 10.4 Å². The maximum atomic E-state index is 13.5. The maximum absolute atomic E-state index is 13.5. The van der Waals surface area contributed by atoms with Gasteiger partial charge in [0.25, 0.3) is 5.91 Å². The molecule has 1 aromatic heterocycles. The summed E-state index contributed by atoms with van der Waals surface area (Å²) in [5.41, 5.74) is 0.963. The number of halogens is 2. The van der Waals surface area contributed by atoms with Gasteiger partial charge in [0.15, 0.2) is 0 Å². The molecule has 0 saturated heterocycles. The molecule has 0 radical (unpaired) electrons. The van der Waals surface area contributed by atoms with Crippen LogP contribution in [0, 0.1) is 5.82 Å². The average Bonchev–Trinajstić information content (AvgIpc) is 2.41. The molecular formula is C14H12BrFN2O. The highest BCUT2D eigenvalue weighted by atomic mass is 79.9. The first-order valence-electron chi connectivity index (χ1n) is 5.68. The van der Waals surface area contributed by atoms with E-state index in [0.29, 0.717) is 15.7 Å². The number of benzene rings is 1. The van der Waals surface area contributed by atoms with Crippen molar-refractivity contribution >= 4 is 21.8 Å². The summed E-state index contributed by atoms with van der Waals surface area (Å²) in [4.78, 5) is 17.6. The van der Waals surface area contributed by atoms with Gasteiger partial charge in [-0.3, -0.25) is 4.79 Å². The molecule has 0 unspecified atom stereocenters.